The van der Waals surface area contributed by atoms with Crippen molar-refractivity contribution in [2.24, 2.45) is 0 Å². The number of unbranched alkanes of at least 4 members (excludes halogenated alkanes) is 3. The van der Waals surface area contributed by atoms with Crippen LogP contribution >= 0.6 is 11.6 Å². The van der Waals surface area contributed by atoms with Gasteiger partial charge in [0, 0.05) is 6.54 Å². The normalized spacial score (nSPS) is 11.5. The largest absolute Gasteiger partial charge is 0.478 e. The molecule has 1 rings (SSSR count). The molecule has 0 aliphatic carbocycles. The first kappa shape index (κ1) is 16.9. The van der Waals surface area contributed by atoms with Gasteiger partial charge in [0.2, 0.25) is 10.0 Å². The second-order valence-electron chi connectivity index (χ2n) is 4.41. The van der Waals surface area contributed by atoms with Gasteiger partial charge in [-0.1, -0.05) is 37.8 Å². The fraction of sp³-hybridized carbons (Fsp3) is 0.462. The highest BCUT2D eigenvalue weighted by molar-refractivity contribution is 7.89. The average Bonchev–Trinajstić information content (AvgIpc) is 2.38. The van der Waals surface area contributed by atoms with E-state index in [1.807, 2.05) is 0 Å². The molecule has 2 N–H and O–H groups in total. The Balaban J connectivity index is 2.81. The second-order valence-corrected chi connectivity index (χ2v) is 6.55. The Morgan fingerprint density at radius 3 is 2.60 bits per heavy atom. The van der Waals surface area contributed by atoms with Crippen molar-refractivity contribution in [2.75, 3.05) is 6.54 Å². The number of aromatic carboxylic acids is 1. The van der Waals surface area contributed by atoms with Crippen molar-refractivity contribution >= 4 is 27.6 Å². The zero-order valence-corrected chi connectivity index (χ0v) is 12.8. The smallest absolute Gasteiger partial charge is 0.335 e. The lowest BCUT2D eigenvalue weighted by Gasteiger charge is -2.09. The number of rotatable bonds is 8. The molecule has 0 aliphatic heterocycles. The standard InChI is InChI=1S/C13H18ClNO4S/c1-2-3-4-5-8-15-20(18,19)12-9-10(13(16)17)6-7-11(12)14/h6-7,9,15H,2-5,8H2,1H3,(H,16,17). The van der Waals surface area contributed by atoms with Crippen molar-refractivity contribution in [1.29, 1.82) is 0 Å². The van der Waals surface area contributed by atoms with Crippen LogP contribution in [0.3, 0.4) is 0 Å². The van der Waals surface area contributed by atoms with Crippen LogP contribution in [0.4, 0.5) is 0 Å². The summed E-state index contributed by atoms with van der Waals surface area (Å²) in [5.74, 6) is -1.19. The fourth-order valence-electron chi connectivity index (χ4n) is 1.68. The lowest BCUT2D eigenvalue weighted by atomic mass is 10.2. The Morgan fingerprint density at radius 1 is 1.30 bits per heavy atom. The van der Waals surface area contributed by atoms with E-state index >= 15 is 0 Å². The summed E-state index contributed by atoms with van der Waals surface area (Å²) in [6, 6.07) is 3.61. The van der Waals surface area contributed by atoms with E-state index in [4.69, 9.17) is 16.7 Å². The molecule has 0 saturated carbocycles. The molecule has 0 radical (unpaired) electrons. The highest BCUT2D eigenvalue weighted by atomic mass is 35.5. The topological polar surface area (TPSA) is 83.5 Å². The van der Waals surface area contributed by atoms with Crippen LogP contribution in [0.1, 0.15) is 43.0 Å². The lowest BCUT2D eigenvalue weighted by molar-refractivity contribution is 0.0696. The number of carbonyl (C=O) groups is 1. The SMILES string of the molecule is CCCCCCNS(=O)(=O)c1cc(C(=O)O)ccc1Cl. The van der Waals surface area contributed by atoms with Crippen molar-refractivity contribution in [2.45, 2.75) is 37.5 Å². The molecular weight excluding hydrogens is 302 g/mol. The maximum absolute atomic E-state index is 12.1. The number of benzene rings is 1. The lowest BCUT2D eigenvalue weighted by Crippen LogP contribution is -2.25. The van der Waals surface area contributed by atoms with Gasteiger partial charge in [-0.25, -0.2) is 17.9 Å². The maximum atomic E-state index is 12.1. The quantitative estimate of drug-likeness (QED) is 0.722. The number of nitrogens with one attached hydrogen (secondary N) is 1. The van der Waals surface area contributed by atoms with E-state index in [2.05, 4.69) is 11.6 Å². The van der Waals surface area contributed by atoms with Gasteiger partial charge in [-0.15, -0.1) is 0 Å². The molecule has 5 nitrogen and oxygen atoms in total. The average molecular weight is 320 g/mol. The van der Waals surface area contributed by atoms with Gasteiger partial charge in [0.1, 0.15) is 4.90 Å². The van der Waals surface area contributed by atoms with Crippen LogP contribution in [0.5, 0.6) is 0 Å². The third kappa shape index (κ3) is 4.77. The molecule has 0 amide bonds. The molecule has 0 heterocycles. The second kappa shape index (κ2) is 7.61. The fourth-order valence-corrected chi connectivity index (χ4v) is 3.28. The molecule has 0 aliphatic rings. The highest BCUT2D eigenvalue weighted by Gasteiger charge is 2.19. The summed E-state index contributed by atoms with van der Waals surface area (Å²) in [5, 5.41) is 8.89. The Bertz CT molecular complexity index is 572. The molecule has 0 spiro atoms. The third-order valence-corrected chi connectivity index (χ3v) is 4.73. The number of sulfonamides is 1. The number of carboxylic acids is 1. The van der Waals surface area contributed by atoms with Gasteiger partial charge in [-0.3, -0.25) is 0 Å². The van der Waals surface area contributed by atoms with E-state index in [9.17, 15) is 13.2 Å². The highest BCUT2D eigenvalue weighted by Crippen LogP contribution is 2.22. The molecule has 20 heavy (non-hydrogen) atoms. The van der Waals surface area contributed by atoms with Gasteiger partial charge in [0.05, 0.1) is 10.6 Å². The van der Waals surface area contributed by atoms with Crippen molar-refractivity contribution in [3.63, 3.8) is 0 Å². The van der Waals surface area contributed by atoms with Crippen LogP contribution in [-0.4, -0.2) is 26.0 Å². The van der Waals surface area contributed by atoms with Crippen LogP contribution in [0, 0.1) is 0 Å². The predicted octanol–water partition coefficient (Wildman–Crippen LogP) is 2.90. The summed E-state index contributed by atoms with van der Waals surface area (Å²) < 4.78 is 26.6. The van der Waals surface area contributed by atoms with E-state index in [1.54, 1.807) is 0 Å². The Hall–Kier alpha value is -1.11. The third-order valence-electron chi connectivity index (χ3n) is 2.79. The zero-order chi connectivity index (χ0) is 15.2. The molecule has 112 valence electrons. The van der Waals surface area contributed by atoms with Gasteiger partial charge >= 0.3 is 5.97 Å². The number of halogens is 1. The van der Waals surface area contributed by atoms with Gasteiger partial charge in [-0.2, -0.15) is 0 Å². The minimum Gasteiger partial charge on any atom is -0.478 e. The van der Waals surface area contributed by atoms with Crippen LogP contribution < -0.4 is 4.72 Å². The summed E-state index contributed by atoms with van der Waals surface area (Å²) >= 11 is 5.84. The van der Waals surface area contributed by atoms with E-state index in [1.165, 1.54) is 12.1 Å². The molecule has 1 aromatic carbocycles. The summed E-state index contributed by atoms with van der Waals surface area (Å²) in [4.78, 5) is 10.7. The molecule has 0 saturated heterocycles. The Morgan fingerprint density at radius 2 is 2.00 bits per heavy atom. The van der Waals surface area contributed by atoms with E-state index in [-0.39, 0.29) is 15.5 Å². The molecular formula is C13H18ClNO4S. The van der Waals surface area contributed by atoms with Crippen LogP contribution in [0.25, 0.3) is 0 Å². The van der Waals surface area contributed by atoms with Crippen molar-refractivity contribution in [3.05, 3.63) is 28.8 Å². The van der Waals surface area contributed by atoms with E-state index < -0.39 is 16.0 Å². The molecule has 0 atom stereocenters. The van der Waals surface area contributed by atoms with Gasteiger partial charge in [0.15, 0.2) is 0 Å². The van der Waals surface area contributed by atoms with Crippen molar-refractivity contribution in [3.8, 4) is 0 Å². The van der Waals surface area contributed by atoms with Crippen LogP contribution in [-0.2, 0) is 10.0 Å². The zero-order valence-electron chi connectivity index (χ0n) is 11.2. The van der Waals surface area contributed by atoms with Crippen LogP contribution in [0.15, 0.2) is 23.1 Å². The predicted molar refractivity (Wildman–Crippen MR) is 77.7 cm³/mol. The maximum Gasteiger partial charge on any atom is 0.335 e. The number of hydrogen-bond donors (Lipinski definition) is 2. The van der Waals surface area contributed by atoms with Gasteiger partial charge < -0.3 is 5.11 Å². The number of carboxylic acid groups (broad SMARTS) is 1. The summed E-state index contributed by atoms with van der Waals surface area (Å²) in [6.07, 6.45) is 3.81. The van der Waals surface area contributed by atoms with Gasteiger partial charge in [0.25, 0.3) is 0 Å². The molecule has 0 fully saturated rings. The molecule has 1 aromatic rings. The summed E-state index contributed by atoms with van der Waals surface area (Å²) in [6.45, 7) is 2.39. The summed E-state index contributed by atoms with van der Waals surface area (Å²) in [5.41, 5.74) is -0.110. The van der Waals surface area contributed by atoms with E-state index in [0.717, 1.165) is 31.7 Å². The minimum atomic E-state index is -3.78. The van der Waals surface area contributed by atoms with Gasteiger partial charge in [-0.05, 0) is 24.6 Å². The van der Waals surface area contributed by atoms with Crippen LogP contribution in [0.2, 0.25) is 5.02 Å². The Kier molecular flexibility index (Phi) is 6.45. The molecule has 0 aromatic heterocycles. The van der Waals surface area contributed by atoms with E-state index in [0.29, 0.717) is 6.54 Å². The molecule has 7 heteroatoms. The molecule has 0 unspecified atom stereocenters. The summed E-state index contributed by atoms with van der Waals surface area (Å²) in [7, 11) is -3.78. The monoisotopic (exact) mass is 319 g/mol. The van der Waals surface area contributed by atoms with Crippen molar-refractivity contribution in [1.82, 2.24) is 4.72 Å². The van der Waals surface area contributed by atoms with Crippen molar-refractivity contribution < 1.29 is 18.3 Å². The number of hydrogen-bond acceptors (Lipinski definition) is 3. The minimum absolute atomic E-state index is 0.0102. The molecule has 0 bridgehead atoms. The Labute approximate surface area is 124 Å². The first-order valence-electron chi connectivity index (χ1n) is 6.41. The first-order valence-corrected chi connectivity index (χ1v) is 8.27. The first-order chi connectivity index (χ1) is 9.38.